The van der Waals surface area contributed by atoms with E-state index in [1.807, 2.05) is 0 Å². The van der Waals surface area contributed by atoms with Gasteiger partial charge in [-0.1, -0.05) is 13.8 Å². The van der Waals surface area contributed by atoms with Crippen molar-refractivity contribution in [1.82, 2.24) is 0 Å². The first-order valence-electron chi connectivity index (χ1n) is 4.92. The second kappa shape index (κ2) is 13.3. The molecule has 0 amide bonds. The van der Waals surface area contributed by atoms with E-state index in [9.17, 15) is 9.59 Å². The minimum absolute atomic E-state index is 0. The van der Waals surface area contributed by atoms with E-state index in [-0.39, 0.29) is 65.2 Å². The maximum atomic E-state index is 10.0. The van der Waals surface area contributed by atoms with Gasteiger partial charge in [0.05, 0.1) is 0 Å². The second-order valence-electron chi connectivity index (χ2n) is 3.87. The molecular weight excluding hydrogens is 307 g/mol. The summed E-state index contributed by atoms with van der Waals surface area (Å²) < 4.78 is 0. The molecule has 0 saturated heterocycles. The van der Waals surface area contributed by atoms with Crippen LogP contribution in [0.15, 0.2) is 0 Å². The predicted molar refractivity (Wildman–Crippen MR) is 59.0 cm³/mol. The number of hydrogen-bond acceptors (Lipinski definition) is 5. The molecule has 0 aromatic carbocycles. The summed E-state index contributed by atoms with van der Waals surface area (Å²) in [5.74, 6) is -2.33. The third-order valence-corrected chi connectivity index (χ3v) is 2.30. The Bertz CT molecular complexity index is 230. The Morgan fingerprint density at radius 3 is 1.05 bits per heavy atom. The van der Waals surface area contributed by atoms with E-state index >= 15 is 0 Å². The fourth-order valence-corrected chi connectivity index (χ4v) is 0.302. The van der Waals surface area contributed by atoms with Crippen molar-refractivity contribution in [2.75, 3.05) is 0 Å². The number of carbonyl (C=O) groups is 2. The van der Waals surface area contributed by atoms with Gasteiger partial charge in [0, 0.05) is 17.4 Å². The fourth-order valence-electron chi connectivity index (χ4n) is 0.302. The Morgan fingerprint density at radius 2 is 1.05 bits per heavy atom. The van der Waals surface area contributed by atoms with Gasteiger partial charge in [0.25, 0.3) is 0 Å². The molecule has 0 fully saturated rings. The molecule has 2 atom stereocenters. The van der Waals surface area contributed by atoms with Gasteiger partial charge >= 0.3 is 41.5 Å². The average molecular weight is 328 g/mol. The molecule has 0 radical (unpaired) electrons. The first kappa shape index (κ1) is 31.6. The maximum absolute atomic E-state index is 10.0. The summed E-state index contributed by atoms with van der Waals surface area (Å²) in [5, 5.41) is 34.0. The fraction of sp³-hybridized carbons (Fsp3) is 0.800. The van der Waals surface area contributed by atoms with Gasteiger partial charge < -0.3 is 25.9 Å². The van der Waals surface area contributed by atoms with Crippen molar-refractivity contribution in [3.8, 4) is 0 Å². The topological polar surface area (TPSA) is 145 Å². The van der Waals surface area contributed by atoms with Crippen molar-refractivity contribution < 1.29 is 82.4 Å². The smallest absolute Gasteiger partial charge is 0.870 e. The molecule has 0 heterocycles. The van der Waals surface area contributed by atoms with Crippen LogP contribution in [-0.4, -0.2) is 49.0 Å². The maximum Gasteiger partial charge on any atom is 1.00 e. The summed E-state index contributed by atoms with van der Waals surface area (Å²) in [6, 6.07) is 0. The van der Waals surface area contributed by atoms with Gasteiger partial charge in [-0.3, -0.25) is 0 Å². The summed E-state index contributed by atoms with van der Waals surface area (Å²) in [6.45, 7) is 5.78. The van der Waals surface area contributed by atoms with Crippen LogP contribution in [0.2, 0.25) is 0 Å². The van der Waals surface area contributed by atoms with Crippen LogP contribution in [0.1, 0.15) is 40.5 Å². The van der Waals surface area contributed by atoms with Crippen LogP contribution in [0.25, 0.3) is 0 Å². The number of aliphatic hydroxyl groups is 2. The van der Waals surface area contributed by atoms with E-state index < -0.39 is 23.1 Å². The van der Waals surface area contributed by atoms with Crippen LogP contribution in [-0.2, 0) is 27.0 Å². The molecule has 0 aromatic heterocycles. The average Bonchev–Trinajstić information content (AvgIpc) is 2.18. The molecule has 0 saturated carbocycles. The van der Waals surface area contributed by atoms with Gasteiger partial charge in [-0.25, -0.2) is 9.59 Å². The molecule has 19 heavy (non-hydrogen) atoms. The number of aliphatic carboxylic acids is 2. The zero-order valence-electron chi connectivity index (χ0n) is 11.9. The molecule has 0 rings (SSSR count). The van der Waals surface area contributed by atoms with E-state index in [0.717, 1.165) is 0 Å². The van der Waals surface area contributed by atoms with Gasteiger partial charge in [-0.15, -0.1) is 0 Å². The van der Waals surface area contributed by atoms with Crippen LogP contribution in [0, 0.1) is 0 Å². The first-order valence-corrected chi connectivity index (χ1v) is 4.92. The first-order chi connectivity index (χ1) is 7.01. The van der Waals surface area contributed by atoms with Crippen LogP contribution in [0.5, 0.6) is 0 Å². The van der Waals surface area contributed by atoms with E-state index in [1.54, 1.807) is 13.8 Å². The molecule has 7 nitrogen and oxygen atoms in total. The molecule has 0 spiro atoms. The van der Waals surface area contributed by atoms with Gasteiger partial charge in [0.15, 0.2) is 11.2 Å². The summed E-state index contributed by atoms with van der Waals surface area (Å²) in [5.41, 5.74) is -3.08. The monoisotopic (exact) mass is 328 g/mol. The normalized spacial score (nSPS) is 14.6. The molecule has 110 valence electrons. The number of rotatable bonds is 4. The molecule has 2 unspecified atom stereocenters. The summed E-state index contributed by atoms with van der Waals surface area (Å²) in [4.78, 5) is 20.0. The van der Waals surface area contributed by atoms with Gasteiger partial charge in [0.1, 0.15) is 0 Å². The third kappa shape index (κ3) is 14.6. The number of carboxylic acid groups (broad SMARTS) is 2. The van der Waals surface area contributed by atoms with Gasteiger partial charge in [-0.05, 0) is 26.7 Å². The van der Waals surface area contributed by atoms with E-state index in [2.05, 4.69) is 0 Å². The Hall–Kier alpha value is 0.352. The van der Waals surface area contributed by atoms with Crippen LogP contribution >= 0.6 is 0 Å². The zero-order valence-corrected chi connectivity index (χ0v) is 15.2. The van der Waals surface area contributed by atoms with Crippen molar-refractivity contribution in [3.63, 3.8) is 0 Å². The van der Waals surface area contributed by atoms with E-state index in [1.165, 1.54) is 13.8 Å². The molecule has 0 aliphatic carbocycles. The SMILES string of the molecule is CCC(C)(O)C(=O)O.CCC(C)(O)C(=O)O.[Cr].[Na+].[OH-]. The zero-order chi connectivity index (χ0) is 13.6. The molecular formula is C10H21CrNaO7. The van der Waals surface area contributed by atoms with E-state index in [4.69, 9.17) is 20.4 Å². The van der Waals surface area contributed by atoms with Crippen molar-refractivity contribution in [2.45, 2.75) is 51.7 Å². The predicted octanol–water partition coefficient (Wildman–Crippen LogP) is -2.71. The van der Waals surface area contributed by atoms with Gasteiger partial charge in [-0.2, -0.15) is 0 Å². The van der Waals surface area contributed by atoms with Crippen LogP contribution in [0.3, 0.4) is 0 Å². The standard InChI is InChI=1S/2C5H10O3.Cr.Na.H2O/c2*1-3-5(2,8)4(6)7;;;/h2*8H,3H2,1-2H3,(H,6,7);;;1H2/q;;;+1;/p-1. The molecule has 9 heteroatoms. The summed E-state index contributed by atoms with van der Waals surface area (Å²) in [6.07, 6.45) is 0.477. The third-order valence-electron chi connectivity index (χ3n) is 2.30. The van der Waals surface area contributed by atoms with Crippen molar-refractivity contribution in [1.29, 1.82) is 0 Å². The van der Waals surface area contributed by atoms with Crippen molar-refractivity contribution in [3.05, 3.63) is 0 Å². The molecule has 0 bridgehead atoms. The molecule has 0 aromatic rings. The summed E-state index contributed by atoms with van der Waals surface area (Å²) in [7, 11) is 0. The number of carboxylic acids is 2. The summed E-state index contributed by atoms with van der Waals surface area (Å²) >= 11 is 0. The second-order valence-corrected chi connectivity index (χ2v) is 3.87. The van der Waals surface area contributed by atoms with Crippen LogP contribution < -0.4 is 29.6 Å². The Kier molecular flexibility index (Phi) is 22.2. The Labute approximate surface area is 145 Å². The van der Waals surface area contributed by atoms with Crippen LogP contribution in [0.4, 0.5) is 0 Å². The quantitative estimate of drug-likeness (QED) is 0.410. The minimum Gasteiger partial charge on any atom is -0.870 e. The Balaban J connectivity index is -0.0000000594. The van der Waals surface area contributed by atoms with Crippen molar-refractivity contribution in [2.24, 2.45) is 0 Å². The Morgan fingerprint density at radius 1 is 0.895 bits per heavy atom. The minimum atomic E-state index is -1.54. The van der Waals surface area contributed by atoms with Crippen molar-refractivity contribution >= 4 is 11.9 Å². The molecule has 5 N–H and O–H groups in total. The van der Waals surface area contributed by atoms with Gasteiger partial charge in [0.2, 0.25) is 0 Å². The molecule has 0 aliphatic heterocycles. The number of hydrogen-bond donors (Lipinski definition) is 4. The largest absolute Gasteiger partial charge is 1.00 e. The van der Waals surface area contributed by atoms with E-state index in [0.29, 0.717) is 0 Å². The molecule has 0 aliphatic rings.